The second-order valence-corrected chi connectivity index (χ2v) is 6.57. The summed E-state index contributed by atoms with van der Waals surface area (Å²) in [6.45, 7) is 1.92. The van der Waals surface area contributed by atoms with Gasteiger partial charge in [0.05, 0.1) is 31.3 Å². The zero-order valence-corrected chi connectivity index (χ0v) is 16.1. The van der Waals surface area contributed by atoms with E-state index >= 15 is 0 Å². The lowest BCUT2D eigenvalue weighted by molar-refractivity contribution is 0.414. The Labute approximate surface area is 165 Å². The molecule has 1 atom stereocenters. The first-order chi connectivity index (χ1) is 13.9. The second kappa shape index (κ2) is 7.30. The molecule has 29 heavy (non-hydrogen) atoms. The van der Waals surface area contributed by atoms with Crippen molar-refractivity contribution in [3.63, 3.8) is 0 Å². The Morgan fingerprint density at radius 3 is 2.59 bits per heavy atom. The first-order valence-corrected chi connectivity index (χ1v) is 8.82. The molecule has 0 amide bonds. The van der Waals surface area contributed by atoms with Crippen LogP contribution in [0.1, 0.15) is 24.2 Å². The minimum absolute atomic E-state index is 0.112. The van der Waals surface area contributed by atoms with Crippen molar-refractivity contribution in [1.82, 2.24) is 29.5 Å². The summed E-state index contributed by atoms with van der Waals surface area (Å²) >= 11 is 0. The number of nitrogen functional groups attached to an aromatic ring is 1. The molecule has 0 bridgehead atoms. The number of methoxy groups -OCH3 is 1. The third-order valence-corrected chi connectivity index (χ3v) is 4.50. The molecule has 0 aliphatic heterocycles. The maximum Gasteiger partial charge on any atom is 0.222 e. The van der Waals surface area contributed by atoms with Crippen molar-refractivity contribution >= 4 is 28.5 Å². The summed E-state index contributed by atoms with van der Waals surface area (Å²) in [5.74, 6) is 1.50. The molecule has 0 radical (unpaired) electrons. The number of ether oxygens (including phenoxy) is 1. The number of halogens is 1. The zero-order valence-electron chi connectivity index (χ0n) is 16.1. The normalized spacial score (nSPS) is 12.1. The van der Waals surface area contributed by atoms with Crippen LogP contribution in [0.2, 0.25) is 0 Å². The van der Waals surface area contributed by atoms with Crippen LogP contribution in [0.15, 0.2) is 37.1 Å². The Hall–Kier alpha value is -3.82. The average molecular weight is 394 g/mol. The zero-order chi connectivity index (χ0) is 20.5. The summed E-state index contributed by atoms with van der Waals surface area (Å²) < 4.78 is 20.5. The lowest BCUT2D eigenvalue weighted by atomic mass is 9.95. The first-order valence-electron chi connectivity index (χ1n) is 8.82. The fourth-order valence-electron chi connectivity index (χ4n) is 3.12. The van der Waals surface area contributed by atoms with Gasteiger partial charge in [-0.15, -0.1) is 0 Å². The summed E-state index contributed by atoms with van der Waals surface area (Å²) in [6.07, 6.45) is 5.78. The molecule has 9 nitrogen and oxygen atoms in total. The van der Waals surface area contributed by atoms with Crippen LogP contribution in [-0.2, 0) is 7.05 Å². The van der Waals surface area contributed by atoms with E-state index < -0.39 is 5.82 Å². The van der Waals surface area contributed by atoms with Gasteiger partial charge in [-0.1, -0.05) is 6.92 Å². The van der Waals surface area contributed by atoms with Crippen LogP contribution in [0, 0.1) is 5.82 Å². The number of benzene rings is 1. The van der Waals surface area contributed by atoms with Crippen molar-refractivity contribution in [3.05, 3.63) is 54.3 Å². The van der Waals surface area contributed by atoms with Gasteiger partial charge in [0, 0.05) is 30.6 Å². The predicted molar refractivity (Wildman–Crippen MR) is 107 cm³/mol. The molecule has 3 N–H and O–H groups in total. The summed E-state index contributed by atoms with van der Waals surface area (Å²) in [5.41, 5.74) is 7.34. The number of imidazole rings is 1. The summed E-state index contributed by atoms with van der Waals surface area (Å²) in [6, 6.07) is 3.64. The molecule has 3 heterocycles. The van der Waals surface area contributed by atoms with Crippen LogP contribution in [0.4, 0.5) is 22.0 Å². The minimum Gasteiger partial charge on any atom is -0.497 e. The molecular weight excluding hydrogens is 375 g/mol. The molecule has 0 aliphatic carbocycles. The summed E-state index contributed by atoms with van der Waals surface area (Å²) in [5, 5.41) is 3.93. The van der Waals surface area contributed by atoms with Gasteiger partial charge in [0.1, 0.15) is 23.2 Å². The molecule has 0 saturated heterocycles. The monoisotopic (exact) mass is 394 g/mol. The highest BCUT2D eigenvalue weighted by atomic mass is 19.1. The number of fused-ring (bicyclic) bond motifs is 1. The number of rotatable bonds is 5. The van der Waals surface area contributed by atoms with Crippen molar-refractivity contribution in [2.24, 2.45) is 7.05 Å². The highest BCUT2D eigenvalue weighted by molar-refractivity contribution is 5.95. The third-order valence-electron chi connectivity index (χ3n) is 4.50. The van der Waals surface area contributed by atoms with E-state index in [0.717, 1.165) is 23.3 Å². The molecule has 0 saturated carbocycles. The molecule has 148 valence electrons. The molecule has 10 heteroatoms. The molecular formula is C19H19FN8O. The van der Waals surface area contributed by atoms with Crippen molar-refractivity contribution in [2.75, 3.05) is 18.2 Å². The Morgan fingerprint density at radius 2 is 1.93 bits per heavy atom. The number of hydrogen-bond acceptors (Lipinski definition) is 8. The molecule has 3 aromatic heterocycles. The Kier molecular flexibility index (Phi) is 4.67. The largest absolute Gasteiger partial charge is 0.497 e. The Morgan fingerprint density at radius 1 is 1.17 bits per heavy atom. The van der Waals surface area contributed by atoms with Crippen LogP contribution in [0.25, 0.3) is 10.9 Å². The van der Waals surface area contributed by atoms with E-state index in [1.165, 1.54) is 0 Å². The van der Waals surface area contributed by atoms with Gasteiger partial charge < -0.3 is 20.4 Å². The molecule has 0 fully saturated rings. The lowest BCUT2D eigenvalue weighted by Gasteiger charge is -2.17. The molecule has 0 unspecified atom stereocenters. The van der Waals surface area contributed by atoms with Gasteiger partial charge >= 0.3 is 0 Å². The number of nitrogens with one attached hydrogen (secondary N) is 1. The third kappa shape index (κ3) is 3.64. The number of aryl methyl sites for hydroxylation is 1. The molecule has 0 aliphatic rings. The van der Waals surface area contributed by atoms with Crippen molar-refractivity contribution in [3.8, 4) is 5.75 Å². The van der Waals surface area contributed by atoms with E-state index in [2.05, 4.69) is 30.2 Å². The Balaban J connectivity index is 1.92. The van der Waals surface area contributed by atoms with Gasteiger partial charge in [0.25, 0.3) is 0 Å². The Bertz CT molecular complexity index is 1180. The smallest absolute Gasteiger partial charge is 0.222 e. The van der Waals surface area contributed by atoms with E-state index in [1.807, 2.05) is 30.8 Å². The van der Waals surface area contributed by atoms with Gasteiger partial charge in [0.2, 0.25) is 5.95 Å². The maximum atomic E-state index is 13.3. The van der Waals surface area contributed by atoms with Crippen molar-refractivity contribution in [1.29, 1.82) is 0 Å². The second-order valence-electron chi connectivity index (χ2n) is 6.57. The van der Waals surface area contributed by atoms with Gasteiger partial charge in [-0.3, -0.25) is 0 Å². The highest BCUT2D eigenvalue weighted by Gasteiger charge is 2.21. The summed E-state index contributed by atoms with van der Waals surface area (Å²) in [7, 11) is 3.44. The van der Waals surface area contributed by atoms with Gasteiger partial charge in [-0.2, -0.15) is 4.98 Å². The number of anilines is 3. The van der Waals surface area contributed by atoms with Crippen LogP contribution < -0.4 is 15.8 Å². The van der Waals surface area contributed by atoms with Crippen LogP contribution in [0.5, 0.6) is 5.75 Å². The van der Waals surface area contributed by atoms with E-state index in [4.69, 9.17) is 10.5 Å². The average Bonchev–Trinajstić information content (AvgIpc) is 3.11. The number of nitrogens with two attached hydrogens (primary N) is 1. The number of hydrogen-bond donors (Lipinski definition) is 2. The number of aromatic nitrogens is 6. The van der Waals surface area contributed by atoms with Crippen LogP contribution in [0.3, 0.4) is 0 Å². The standard InChI is InChI=1S/C19H19FN8O/c1-10(17-22-6-11(20)7-23-17)13-4-12(29-3)5-14-16(13)18(27-19(21)25-14)26-15-8-28(2)9-24-15/h4-10H,1-3H3,(H3,21,25,26,27)/t10-/m1/s1. The SMILES string of the molecule is COc1cc([C@@H](C)c2ncc(F)cn2)c2c(Nc3cn(C)cn3)nc(N)nc2c1. The van der Waals surface area contributed by atoms with Gasteiger partial charge in [-0.05, 0) is 11.6 Å². The quantitative estimate of drug-likeness (QED) is 0.531. The fourth-order valence-corrected chi connectivity index (χ4v) is 3.12. The predicted octanol–water partition coefficient (Wildman–Crippen LogP) is 2.78. The van der Waals surface area contributed by atoms with Crippen LogP contribution in [-0.4, -0.2) is 36.6 Å². The van der Waals surface area contributed by atoms with Crippen LogP contribution >= 0.6 is 0 Å². The molecule has 4 rings (SSSR count). The summed E-state index contributed by atoms with van der Waals surface area (Å²) in [4.78, 5) is 21.3. The minimum atomic E-state index is -0.495. The first kappa shape index (κ1) is 18.5. The van der Waals surface area contributed by atoms with E-state index in [-0.39, 0.29) is 11.9 Å². The van der Waals surface area contributed by atoms with E-state index in [1.54, 1.807) is 19.5 Å². The number of nitrogens with zero attached hydrogens (tertiary/aromatic N) is 6. The van der Waals surface area contributed by atoms with Crippen molar-refractivity contribution in [2.45, 2.75) is 12.8 Å². The van der Waals surface area contributed by atoms with E-state index in [9.17, 15) is 4.39 Å². The fraction of sp³-hybridized carbons (Fsp3) is 0.211. The molecule has 4 aromatic rings. The van der Waals surface area contributed by atoms with E-state index in [0.29, 0.717) is 28.7 Å². The molecule has 1 aromatic carbocycles. The topological polar surface area (TPSA) is 117 Å². The highest BCUT2D eigenvalue weighted by Crippen LogP contribution is 2.36. The van der Waals surface area contributed by atoms with Gasteiger partial charge in [0.15, 0.2) is 5.82 Å². The molecule has 0 spiro atoms. The van der Waals surface area contributed by atoms with Crippen molar-refractivity contribution < 1.29 is 9.13 Å². The maximum absolute atomic E-state index is 13.3. The van der Waals surface area contributed by atoms with Gasteiger partial charge in [-0.25, -0.2) is 24.3 Å². The lowest BCUT2D eigenvalue weighted by Crippen LogP contribution is -2.08.